The van der Waals surface area contributed by atoms with Gasteiger partial charge in [-0.05, 0) is 11.8 Å². The Kier molecular flexibility index (Phi) is 6.14. The number of hydrogen-bond donors (Lipinski definition) is 6. The third-order valence-corrected chi connectivity index (χ3v) is 5.83. The molecule has 1 aromatic rings. The second kappa shape index (κ2) is 7.47. The standard InChI is InChI=1S/C9H14N2O11P2S/c12-5-1-2-11(9(15)10-5)8-7(14)6(13)4(21-8)3-20-23(16,17)22-24(18,19)25/h1-2,4,6-8,13-14H,3H2,(H,16,17)(H,10,12,15)(H2,18,19,25)/t4-,6?,7?,8-/m1/s1. The quantitative estimate of drug-likeness (QED) is 0.265. The van der Waals surface area contributed by atoms with Crippen LogP contribution in [0.15, 0.2) is 21.9 Å². The van der Waals surface area contributed by atoms with Crippen molar-refractivity contribution in [2.24, 2.45) is 0 Å². The van der Waals surface area contributed by atoms with E-state index < -0.39 is 56.9 Å². The van der Waals surface area contributed by atoms with E-state index in [4.69, 9.17) is 14.5 Å². The van der Waals surface area contributed by atoms with E-state index in [0.717, 1.165) is 16.8 Å². The molecule has 1 saturated heterocycles. The highest BCUT2D eigenvalue weighted by molar-refractivity contribution is 8.08. The molecular weight excluding hydrogens is 406 g/mol. The summed E-state index contributed by atoms with van der Waals surface area (Å²) in [7, 11) is -4.96. The average molecular weight is 420 g/mol. The average Bonchev–Trinajstić information content (AvgIpc) is 2.71. The van der Waals surface area contributed by atoms with Crippen LogP contribution in [0.5, 0.6) is 0 Å². The summed E-state index contributed by atoms with van der Waals surface area (Å²) in [5.41, 5.74) is -1.60. The van der Waals surface area contributed by atoms with E-state index >= 15 is 0 Å². The number of rotatable bonds is 6. The summed E-state index contributed by atoms with van der Waals surface area (Å²) in [4.78, 5) is 51.6. The summed E-state index contributed by atoms with van der Waals surface area (Å²) in [6, 6.07) is 0.985. The van der Waals surface area contributed by atoms with Gasteiger partial charge in [-0.3, -0.25) is 18.9 Å². The maximum absolute atomic E-state index is 11.7. The number of phosphoric acid groups is 1. The number of aromatic nitrogens is 2. The summed E-state index contributed by atoms with van der Waals surface area (Å²) in [6.07, 6.45) is -5.02. The lowest BCUT2D eigenvalue weighted by molar-refractivity contribution is -0.0541. The largest absolute Gasteiger partial charge is 0.479 e. The second-order valence-corrected chi connectivity index (χ2v) is 9.16. The third kappa shape index (κ3) is 5.36. The molecule has 0 saturated carbocycles. The van der Waals surface area contributed by atoms with E-state index in [1.165, 1.54) is 0 Å². The number of hydrogen-bond acceptors (Lipinski definition) is 9. The number of nitrogens with one attached hydrogen (secondary N) is 1. The van der Waals surface area contributed by atoms with Gasteiger partial charge in [-0.15, -0.1) is 0 Å². The van der Waals surface area contributed by atoms with Crippen LogP contribution in [-0.4, -0.2) is 59.4 Å². The van der Waals surface area contributed by atoms with E-state index in [9.17, 15) is 29.3 Å². The van der Waals surface area contributed by atoms with Crippen molar-refractivity contribution in [3.05, 3.63) is 33.1 Å². The Morgan fingerprint density at radius 2 is 1.92 bits per heavy atom. The van der Waals surface area contributed by atoms with Gasteiger partial charge in [-0.25, -0.2) is 13.7 Å². The highest BCUT2D eigenvalue weighted by Gasteiger charge is 2.45. The fourth-order valence-electron chi connectivity index (χ4n) is 2.05. The molecule has 2 rings (SSSR count). The molecule has 25 heavy (non-hydrogen) atoms. The number of H-pyrrole nitrogens is 1. The van der Waals surface area contributed by atoms with E-state index in [2.05, 4.69) is 20.6 Å². The van der Waals surface area contributed by atoms with Crippen LogP contribution in [0.1, 0.15) is 6.23 Å². The Labute approximate surface area is 143 Å². The van der Waals surface area contributed by atoms with E-state index in [1.54, 1.807) is 0 Å². The SMILES string of the molecule is O=c1ccn([C@@H]2O[C@H](COP(=O)(O)OP(O)(O)=S)C(O)C2O)c(=O)[nH]1. The number of aliphatic hydroxyl groups excluding tert-OH is 2. The molecule has 2 heterocycles. The van der Waals surface area contributed by atoms with Gasteiger partial charge in [0.2, 0.25) is 0 Å². The number of aliphatic hydroxyl groups is 2. The molecule has 1 aromatic heterocycles. The van der Waals surface area contributed by atoms with Gasteiger partial charge in [-0.1, -0.05) is 0 Å². The van der Waals surface area contributed by atoms with Crippen LogP contribution in [-0.2, 0) is 29.9 Å². The van der Waals surface area contributed by atoms with E-state index in [-0.39, 0.29) is 0 Å². The normalized spacial score (nSPS) is 29.5. The molecule has 0 bridgehead atoms. The Morgan fingerprint density at radius 3 is 2.48 bits per heavy atom. The Bertz CT molecular complexity index is 833. The minimum Gasteiger partial charge on any atom is -0.387 e. The molecule has 1 aliphatic heterocycles. The highest BCUT2D eigenvalue weighted by Crippen LogP contribution is 2.57. The molecule has 6 N–H and O–H groups in total. The molecule has 1 aliphatic rings. The van der Waals surface area contributed by atoms with Crippen molar-refractivity contribution in [3.8, 4) is 0 Å². The van der Waals surface area contributed by atoms with Crippen LogP contribution in [0.3, 0.4) is 0 Å². The number of ether oxygens (including phenoxy) is 1. The molecule has 3 unspecified atom stereocenters. The second-order valence-electron chi connectivity index (χ2n) is 4.90. The minimum absolute atomic E-state index is 0.684. The lowest BCUT2D eigenvalue weighted by atomic mass is 10.1. The number of nitrogens with zero attached hydrogens (tertiary/aromatic N) is 1. The van der Waals surface area contributed by atoms with Gasteiger partial charge in [0.25, 0.3) is 5.56 Å². The van der Waals surface area contributed by atoms with Crippen molar-refractivity contribution in [1.82, 2.24) is 9.55 Å². The van der Waals surface area contributed by atoms with Crippen LogP contribution >= 0.6 is 14.5 Å². The molecular formula is C9H14N2O11P2S. The molecule has 1 fully saturated rings. The molecule has 0 amide bonds. The van der Waals surface area contributed by atoms with Gasteiger partial charge < -0.3 is 29.6 Å². The predicted molar refractivity (Wildman–Crippen MR) is 82.8 cm³/mol. The molecule has 16 heteroatoms. The summed E-state index contributed by atoms with van der Waals surface area (Å²) in [5, 5.41) is 19.9. The molecule has 142 valence electrons. The fourth-order valence-corrected chi connectivity index (χ4v) is 4.41. The molecule has 0 aromatic carbocycles. The lowest BCUT2D eigenvalue weighted by Gasteiger charge is -2.18. The van der Waals surface area contributed by atoms with E-state index in [1.807, 2.05) is 4.98 Å². The third-order valence-electron chi connectivity index (χ3n) is 3.07. The van der Waals surface area contributed by atoms with Crippen LogP contribution in [0, 0.1) is 0 Å². The van der Waals surface area contributed by atoms with Gasteiger partial charge in [0, 0.05) is 12.3 Å². The van der Waals surface area contributed by atoms with Gasteiger partial charge in [-0.2, -0.15) is 0 Å². The molecule has 13 nitrogen and oxygen atoms in total. The summed E-state index contributed by atoms with van der Waals surface area (Å²) in [6.45, 7) is -5.29. The van der Waals surface area contributed by atoms with Crippen LogP contribution in [0.25, 0.3) is 0 Å². The maximum Gasteiger partial charge on any atom is 0.479 e. The zero-order valence-corrected chi connectivity index (χ0v) is 14.7. The summed E-state index contributed by atoms with van der Waals surface area (Å²) >= 11 is 4.03. The van der Waals surface area contributed by atoms with Gasteiger partial charge in [0.05, 0.1) is 6.61 Å². The predicted octanol–water partition coefficient (Wildman–Crippen LogP) is -2.50. The lowest BCUT2D eigenvalue weighted by Crippen LogP contribution is -2.37. The first-order valence-corrected chi connectivity index (χ1v) is 10.6. The smallest absolute Gasteiger partial charge is 0.387 e. The minimum atomic E-state index is -4.96. The Morgan fingerprint density at radius 1 is 1.28 bits per heavy atom. The number of aromatic amines is 1. The summed E-state index contributed by atoms with van der Waals surface area (Å²) < 4.78 is 25.8. The summed E-state index contributed by atoms with van der Waals surface area (Å²) in [5.74, 6) is 0. The Balaban J connectivity index is 2.09. The van der Waals surface area contributed by atoms with Crippen LogP contribution < -0.4 is 11.2 Å². The number of phosphoric ester groups is 1. The first kappa shape index (κ1) is 20.6. The molecule has 0 radical (unpaired) electrons. The van der Waals surface area contributed by atoms with E-state index in [0.29, 0.717) is 0 Å². The first-order valence-electron chi connectivity index (χ1n) is 6.47. The van der Waals surface area contributed by atoms with Crippen molar-refractivity contribution >= 4 is 26.3 Å². The van der Waals surface area contributed by atoms with Gasteiger partial charge >= 0.3 is 20.2 Å². The molecule has 0 spiro atoms. The van der Waals surface area contributed by atoms with Crippen LogP contribution in [0.4, 0.5) is 0 Å². The molecule has 5 atom stereocenters. The monoisotopic (exact) mass is 420 g/mol. The maximum atomic E-state index is 11.7. The van der Waals surface area contributed by atoms with Gasteiger partial charge in [0.15, 0.2) is 6.23 Å². The van der Waals surface area contributed by atoms with Crippen molar-refractivity contribution in [2.45, 2.75) is 24.5 Å². The van der Waals surface area contributed by atoms with Crippen molar-refractivity contribution < 1.29 is 43.0 Å². The van der Waals surface area contributed by atoms with Crippen molar-refractivity contribution in [1.29, 1.82) is 0 Å². The fraction of sp³-hybridized carbons (Fsp3) is 0.556. The highest BCUT2D eigenvalue weighted by atomic mass is 32.5. The Hall–Kier alpha value is -0.760. The van der Waals surface area contributed by atoms with Crippen molar-refractivity contribution in [3.63, 3.8) is 0 Å². The topological polar surface area (TPSA) is 201 Å². The first-order chi connectivity index (χ1) is 11.4. The van der Waals surface area contributed by atoms with Crippen molar-refractivity contribution in [2.75, 3.05) is 6.61 Å². The zero-order valence-electron chi connectivity index (χ0n) is 12.1. The van der Waals surface area contributed by atoms with Gasteiger partial charge in [0.1, 0.15) is 18.3 Å². The molecule has 0 aliphatic carbocycles. The van der Waals surface area contributed by atoms with Crippen LogP contribution in [0.2, 0.25) is 0 Å². The zero-order chi connectivity index (χ0) is 19.0.